The predicted octanol–water partition coefficient (Wildman–Crippen LogP) is 1.47. The number of morpholine rings is 1. The summed E-state index contributed by atoms with van der Waals surface area (Å²) in [7, 11) is 2.12. The van der Waals surface area contributed by atoms with Crippen LogP contribution in [0, 0.1) is 0 Å². The molecular formula is C18H28N4O2. The van der Waals surface area contributed by atoms with Crippen molar-refractivity contribution in [3.63, 3.8) is 0 Å². The second kappa shape index (κ2) is 7.07. The van der Waals surface area contributed by atoms with Crippen molar-refractivity contribution in [1.29, 1.82) is 0 Å². The molecule has 0 radical (unpaired) electrons. The highest BCUT2D eigenvalue weighted by molar-refractivity contribution is 5.74. The monoisotopic (exact) mass is 332 g/mol. The molecule has 1 N–H and O–H groups in total. The third-order valence-electron chi connectivity index (χ3n) is 5.29. The molecule has 3 rings (SSSR count). The number of rotatable bonds is 3. The molecule has 1 aromatic heterocycles. The van der Waals surface area contributed by atoms with Crippen molar-refractivity contribution in [2.45, 2.75) is 37.8 Å². The second-order valence-corrected chi connectivity index (χ2v) is 7.47. The quantitative estimate of drug-likeness (QED) is 0.911. The van der Waals surface area contributed by atoms with Gasteiger partial charge < -0.3 is 15.0 Å². The number of nitrogens with zero attached hydrogens (tertiary/aromatic N) is 3. The summed E-state index contributed by atoms with van der Waals surface area (Å²) in [4.78, 5) is 20.9. The summed E-state index contributed by atoms with van der Waals surface area (Å²) < 4.78 is 5.85. The fraction of sp³-hybridized carbons (Fsp3) is 0.667. The first-order valence-corrected chi connectivity index (χ1v) is 8.72. The molecule has 2 atom stereocenters. The Morgan fingerprint density at radius 2 is 2.12 bits per heavy atom. The fourth-order valence-electron chi connectivity index (χ4n) is 3.54. The molecule has 0 aromatic carbocycles. The van der Waals surface area contributed by atoms with Crippen LogP contribution in [0.25, 0.3) is 0 Å². The standard InChI is InChI=1S/C18H28N4O2/c1-18(2,14-4-7-19-8-5-14)13-20-17(23)22-9-6-16-15(12-22)21(3)10-11-24-16/h4-5,7-8,15-16H,6,9-13H2,1-3H3,(H,20,23)/t15-,16-/m0/s1. The number of likely N-dealkylation sites (N-methyl/N-ethyl adjacent to an activating group) is 1. The Kier molecular flexibility index (Phi) is 5.06. The molecule has 2 aliphatic heterocycles. The zero-order valence-corrected chi connectivity index (χ0v) is 14.9. The molecule has 6 heteroatoms. The molecule has 1 aromatic rings. The minimum Gasteiger partial charge on any atom is -0.375 e. The summed E-state index contributed by atoms with van der Waals surface area (Å²) in [5, 5.41) is 3.11. The molecule has 0 spiro atoms. The van der Waals surface area contributed by atoms with Gasteiger partial charge in [0.05, 0.1) is 18.8 Å². The number of fused-ring (bicyclic) bond motifs is 1. The summed E-state index contributed by atoms with van der Waals surface area (Å²) in [5.41, 5.74) is 1.05. The zero-order valence-electron chi connectivity index (χ0n) is 14.9. The molecule has 0 saturated carbocycles. The van der Waals surface area contributed by atoms with Gasteiger partial charge >= 0.3 is 6.03 Å². The SMILES string of the molecule is CN1CCO[C@H]2CCN(C(=O)NCC(C)(C)c3ccncc3)C[C@@H]21. The lowest BCUT2D eigenvalue weighted by Crippen LogP contribution is -2.61. The van der Waals surface area contributed by atoms with Gasteiger partial charge in [0.1, 0.15) is 0 Å². The number of amides is 2. The van der Waals surface area contributed by atoms with Crippen molar-refractivity contribution < 1.29 is 9.53 Å². The van der Waals surface area contributed by atoms with Gasteiger partial charge in [0.15, 0.2) is 0 Å². The van der Waals surface area contributed by atoms with Gasteiger partial charge in [-0.25, -0.2) is 4.79 Å². The first kappa shape index (κ1) is 17.2. The van der Waals surface area contributed by atoms with Crippen molar-refractivity contribution in [3.8, 4) is 0 Å². The van der Waals surface area contributed by atoms with Gasteiger partial charge in [-0.2, -0.15) is 0 Å². The Bertz CT molecular complexity index is 563. The first-order chi connectivity index (χ1) is 11.5. The molecule has 2 saturated heterocycles. The van der Waals surface area contributed by atoms with Crippen LogP contribution in [0.15, 0.2) is 24.5 Å². The molecule has 24 heavy (non-hydrogen) atoms. The smallest absolute Gasteiger partial charge is 0.317 e. The lowest BCUT2D eigenvalue weighted by molar-refractivity contribution is -0.0881. The minimum absolute atomic E-state index is 0.0227. The van der Waals surface area contributed by atoms with E-state index in [1.807, 2.05) is 17.0 Å². The Morgan fingerprint density at radius 1 is 1.38 bits per heavy atom. The molecular weight excluding hydrogens is 304 g/mol. The van der Waals surface area contributed by atoms with Gasteiger partial charge in [0.25, 0.3) is 0 Å². The van der Waals surface area contributed by atoms with Crippen molar-refractivity contribution in [2.75, 3.05) is 39.8 Å². The molecule has 6 nitrogen and oxygen atoms in total. The number of hydrogen-bond acceptors (Lipinski definition) is 4. The molecule has 2 amide bonds. The summed E-state index contributed by atoms with van der Waals surface area (Å²) >= 11 is 0. The van der Waals surface area contributed by atoms with E-state index in [4.69, 9.17) is 4.74 Å². The Labute approximate surface area is 144 Å². The van der Waals surface area contributed by atoms with Crippen LogP contribution >= 0.6 is 0 Å². The van der Waals surface area contributed by atoms with E-state index in [1.54, 1.807) is 12.4 Å². The lowest BCUT2D eigenvalue weighted by atomic mass is 9.85. The van der Waals surface area contributed by atoms with Crippen molar-refractivity contribution >= 4 is 6.03 Å². The van der Waals surface area contributed by atoms with Gasteiger partial charge in [0, 0.05) is 44.0 Å². The Hall–Kier alpha value is -1.66. The Balaban J connectivity index is 1.55. The van der Waals surface area contributed by atoms with Gasteiger partial charge in [-0.3, -0.25) is 9.88 Å². The van der Waals surface area contributed by atoms with Crippen molar-refractivity contribution in [2.24, 2.45) is 0 Å². The Morgan fingerprint density at radius 3 is 2.88 bits per heavy atom. The van der Waals surface area contributed by atoms with Gasteiger partial charge in [0.2, 0.25) is 0 Å². The maximum atomic E-state index is 12.6. The molecule has 2 aliphatic rings. The number of aromatic nitrogens is 1. The van der Waals surface area contributed by atoms with Crippen LogP contribution in [0.3, 0.4) is 0 Å². The van der Waals surface area contributed by atoms with E-state index < -0.39 is 0 Å². The summed E-state index contributed by atoms with van der Waals surface area (Å²) in [6.07, 6.45) is 4.77. The molecule has 0 bridgehead atoms. The largest absolute Gasteiger partial charge is 0.375 e. The second-order valence-electron chi connectivity index (χ2n) is 7.47. The molecule has 0 aliphatic carbocycles. The zero-order chi connectivity index (χ0) is 17.2. The van der Waals surface area contributed by atoms with E-state index in [0.717, 1.165) is 32.7 Å². The average molecular weight is 332 g/mol. The number of piperidine rings is 1. The number of urea groups is 1. The van der Waals surface area contributed by atoms with Crippen LogP contribution in [0.4, 0.5) is 4.79 Å². The minimum atomic E-state index is -0.123. The van der Waals surface area contributed by atoms with E-state index in [9.17, 15) is 4.79 Å². The number of carbonyl (C=O) groups is 1. The maximum absolute atomic E-state index is 12.6. The number of pyridine rings is 1. The highest BCUT2D eigenvalue weighted by Crippen LogP contribution is 2.23. The molecule has 132 valence electrons. The number of likely N-dealkylation sites (tertiary alicyclic amines) is 1. The number of hydrogen-bond donors (Lipinski definition) is 1. The van der Waals surface area contributed by atoms with Crippen molar-refractivity contribution in [3.05, 3.63) is 30.1 Å². The first-order valence-electron chi connectivity index (χ1n) is 8.72. The molecule has 0 unspecified atom stereocenters. The van der Waals surface area contributed by atoms with Crippen LogP contribution in [-0.2, 0) is 10.2 Å². The van der Waals surface area contributed by atoms with Crippen LogP contribution in [0.5, 0.6) is 0 Å². The normalized spacial score (nSPS) is 25.2. The van der Waals surface area contributed by atoms with E-state index in [1.165, 1.54) is 5.56 Å². The highest BCUT2D eigenvalue weighted by atomic mass is 16.5. The maximum Gasteiger partial charge on any atom is 0.317 e. The average Bonchev–Trinajstić information content (AvgIpc) is 2.60. The van der Waals surface area contributed by atoms with Crippen LogP contribution in [-0.4, -0.2) is 72.8 Å². The van der Waals surface area contributed by atoms with Gasteiger partial charge in [-0.15, -0.1) is 0 Å². The third-order valence-corrected chi connectivity index (χ3v) is 5.29. The van der Waals surface area contributed by atoms with Crippen LogP contribution in [0.2, 0.25) is 0 Å². The van der Waals surface area contributed by atoms with E-state index >= 15 is 0 Å². The topological polar surface area (TPSA) is 57.7 Å². The lowest BCUT2D eigenvalue weighted by Gasteiger charge is -2.45. The number of nitrogens with one attached hydrogen (secondary N) is 1. The fourth-order valence-corrected chi connectivity index (χ4v) is 3.54. The van der Waals surface area contributed by atoms with Crippen LogP contribution < -0.4 is 5.32 Å². The molecule has 3 heterocycles. The van der Waals surface area contributed by atoms with E-state index in [-0.39, 0.29) is 17.6 Å². The number of ether oxygens (including phenoxy) is 1. The van der Waals surface area contributed by atoms with Crippen LogP contribution in [0.1, 0.15) is 25.8 Å². The van der Waals surface area contributed by atoms with E-state index in [0.29, 0.717) is 12.6 Å². The molecule has 2 fully saturated rings. The summed E-state index contributed by atoms with van der Waals surface area (Å²) in [6, 6.07) is 4.35. The van der Waals surface area contributed by atoms with Crippen molar-refractivity contribution in [1.82, 2.24) is 20.1 Å². The summed E-state index contributed by atoms with van der Waals surface area (Å²) in [5.74, 6) is 0. The van der Waals surface area contributed by atoms with Gasteiger partial charge in [-0.05, 0) is 31.2 Å². The highest BCUT2D eigenvalue weighted by Gasteiger charge is 2.37. The third kappa shape index (κ3) is 3.70. The van der Waals surface area contributed by atoms with Gasteiger partial charge in [-0.1, -0.05) is 13.8 Å². The van der Waals surface area contributed by atoms with E-state index in [2.05, 4.69) is 36.1 Å². The summed E-state index contributed by atoms with van der Waals surface area (Å²) in [6.45, 7) is 8.11. The predicted molar refractivity (Wildman–Crippen MR) is 93.0 cm³/mol. The number of carbonyl (C=O) groups excluding carboxylic acids is 1.